The van der Waals surface area contributed by atoms with E-state index in [1.807, 2.05) is 41.8 Å². The van der Waals surface area contributed by atoms with Gasteiger partial charge in [-0.2, -0.15) is 0 Å². The summed E-state index contributed by atoms with van der Waals surface area (Å²) in [6.45, 7) is 1.82. The lowest BCUT2D eigenvalue weighted by Gasteiger charge is -2.07. The van der Waals surface area contributed by atoms with Gasteiger partial charge < -0.3 is 10.1 Å². The standard InChI is InChI=1S/C17H19NO3S2/c1-2-13-5-7-14(8-6-13)18-16(19)10-21-17(20)12-22-11-15-4-3-9-23-15/h3-9H,2,10-12H2,1H3,(H,18,19). The van der Waals surface area contributed by atoms with Crippen LogP contribution in [0.4, 0.5) is 5.69 Å². The second kappa shape index (κ2) is 9.37. The maximum absolute atomic E-state index is 11.7. The maximum atomic E-state index is 11.7. The highest BCUT2D eigenvalue weighted by atomic mass is 32.2. The fourth-order valence-electron chi connectivity index (χ4n) is 1.84. The minimum atomic E-state index is -0.372. The molecule has 0 aliphatic rings. The van der Waals surface area contributed by atoms with Crippen molar-refractivity contribution in [2.45, 2.75) is 19.1 Å². The second-order valence-electron chi connectivity index (χ2n) is 4.83. The van der Waals surface area contributed by atoms with E-state index in [4.69, 9.17) is 4.74 Å². The number of hydrogen-bond donors (Lipinski definition) is 1. The molecule has 0 spiro atoms. The SMILES string of the molecule is CCc1ccc(NC(=O)COC(=O)CSCc2cccs2)cc1. The molecule has 1 N–H and O–H groups in total. The molecule has 0 aliphatic carbocycles. The lowest BCUT2D eigenvalue weighted by atomic mass is 10.1. The zero-order valence-corrected chi connectivity index (χ0v) is 14.5. The number of rotatable bonds is 8. The van der Waals surface area contributed by atoms with Crippen molar-refractivity contribution >= 4 is 40.7 Å². The molecule has 0 saturated heterocycles. The first-order valence-electron chi connectivity index (χ1n) is 7.32. The van der Waals surface area contributed by atoms with Crippen LogP contribution in [0.1, 0.15) is 17.4 Å². The number of esters is 1. The molecule has 0 bridgehead atoms. The van der Waals surface area contributed by atoms with Crippen LogP contribution in [0.15, 0.2) is 41.8 Å². The van der Waals surface area contributed by atoms with E-state index in [0.29, 0.717) is 5.69 Å². The summed E-state index contributed by atoms with van der Waals surface area (Å²) in [7, 11) is 0. The van der Waals surface area contributed by atoms with Crippen molar-refractivity contribution in [1.82, 2.24) is 0 Å². The number of carbonyl (C=O) groups is 2. The van der Waals surface area contributed by atoms with E-state index in [9.17, 15) is 9.59 Å². The van der Waals surface area contributed by atoms with Gasteiger partial charge in [0.2, 0.25) is 0 Å². The Balaban J connectivity index is 1.63. The van der Waals surface area contributed by atoms with Gasteiger partial charge in [0.1, 0.15) is 0 Å². The van der Waals surface area contributed by atoms with Crippen LogP contribution in [0.5, 0.6) is 0 Å². The van der Waals surface area contributed by atoms with Crippen LogP contribution in [0, 0.1) is 0 Å². The number of benzene rings is 1. The molecule has 1 amide bonds. The van der Waals surface area contributed by atoms with Gasteiger partial charge in [0.05, 0.1) is 5.75 Å². The van der Waals surface area contributed by atoms with Crippen molar-refractivity contribution in [2.24, 2.45) is 0 Å². The summed E-state index contributed by atoms with van der Waals surface area (Å²) in [5.74, 6) is 0.327. The summed E-state index contributed by atoms with van der Waals surface area (Å²) in [6, 6.07) is 11.6. The fraction of sp³-hybridized carbons (Fsp3) is 0.294. The van der Waals surface area contributed by atoms with Gasteiger partial charge in [0, 0.05) is 16.3 Å². The van der Waals surface area contributed by atoms with Crippen molar-refractivity contribution in [3.63, 3.8) is 0 Å². The van der Waals surface area contributed by atoms with Crippen molar-refractivity contribution < 1.29 is 14.3 Å². The molecular weight excluding hydrogens is 330 g/mol. The van der Waals surface area contributed by atoms with Gasteiger partial charge in [0.25, 0.3) is 5.91 Å². The summed E-state index contributed by atoms with van der Waals surface area (Å²) < 4.78 is 4.97. The van der Waals surface area contributed by atoms with Gasteiger partial charge in [-0.25, -0.2) is 0 Å². The Hall–Kier alpha value is -1.79. The molecule has 1 aromatic carbocycles. The number of ether oxygens (including phenoxy) is 1. The van der Waals surface area contributed by atoms with E-state index in [0.717, 1.165) is 12.2 Å². The van der Waals surface area contributed by atoms with Crippen LogP contribution >= 0.6 is 23.1 Å². The van der Waals surface area contributed by atoms with Gasteiger partial charge in [-0.05, 0) is 35.6 Å². The summed E-state index contributed by atoms with van der Waals surface area (Å²) in [5, 5.41) is 4.71. The highest BCUT2D eigenvalue weighted by molar-refractivity contribution is 7.99. The van der Waals surface area contributed by atoms with Crippen LogP contribution in [0.25, 0.3) is 0 Å². The Labute approximate surface area is 144 Å². The maximum Gasteiger partial charge on any atom is 0.316 e. The van der Waals surface area contributed by atoms with Crippen LogP contribution in [0.3, 0.4) is 0 Å². The van der Waals surface area contributed by atoms with Gasteiger partial charge in [-0.3, -0.25) is 9.59 Å². The fourth-order valence-corrected chi connectivity index (χ4v) is 3.50. The predicted octanol–water partition coefficient (Wildman–Crippen LogP) is 3.73. The van der Waals surface area contributed by atoms with Crippen LogP contribution in [-0.2, 0) is 26.5 Å². The first kappa shape index (κ1) is 17.6. The molecule has 6 heteroatoms. The first-order valence-corrected chi connectivity index (χ1v) is 9.35. The van der Waals surface area contributed by atoms with Crippen molar-refractivity contribution in [3.8, 4) is 0 Å². The van der Waals surface area contributed by atoms with Crippen molar-refractivity contribution in [1.29, 1.82) is 0 Å². The topological polar surface area (TPSA) is 55.4 Å². The van der Waals surface area contributed by atoms with E-state index in [1.165, 1.54) is 22.2 Å². The Kier molecular flexibility index (Phi) is 7.16. The number of amides is 1. The van der Waals surface area contributed by atoms with E-state index < -0.39 is 0 Å². The summed E-state index contributed by atoms with van der Waals surface area (Å²) in [4.78, 5) is 24.5. The molecule has 4 nitrogen and oxygen atoms in total. The van der Waals surface area contributed by atoms with Crippen molar-refractivity contribution in [3.05, 3.63) is 52.2 Å². The zero-order chi connectivity index (χ0) is 16.5. The molecule has 0 saturated carbocycles. The number of carbonyl (C=O) groups excluding carboxylic acids is 2. The average Bonchev–Trinajstić information content (AvgIpc) is 3.07. The first-order chi connectivity index (χ1) is 11.2. The lowest BCUT2D eigenvalue weighted by Crippen LogP contribution is -2.21. The van der Waals surface area contributed by atoms with E-state index in [1.54, 1.807) is 11.3 Å². The quantitative estimate of drug-likeness (QED) is 0.738. The van der Waals surface area contributed by atoms with Crippen LogP contribution < -0.4 is 5.32 Å². The van der Waals surface area contributed by atoms with E-state index in [2.05, 4.69) is 12.2 Å². The third-order valence-electron chi connectivity index (χ3n) is 3.05. The molecule has 23 heavy (non-hydrogen) atoms. The molecule has 0 atom stereocenters. The smallest absolute Gasteiger partial charge is 0.316 e. The van der Waals surface area contributed by atoms with Gasteiger partial charge in [-0.15, -0.1) is 23.1 Å². The van der Waals surface area contributed by atoms with E-state index >= 15 is 0 Å². The number of hydrogen-bond acceptors (Lipinski definition) is 5. The highest BCUT2D eigenvalue weighted by Crippen LogP contribution is 2.17. The number of aryl methyl sites for hydroxylation is 1. The monoisotopic (exact) mass is 349 g/mol. The van der Waals surface area contributed by atoms with Gasteiger partial charge >= 0.3 is 5.97 Å². The van der Waals surface area contributed by atoms with E-state index in [-0.39, 0.29) is 24.2 Å². The van der Waals surface area contributed by atoms with Crippen LogP contribution in [-0.4, -0.2) is 24.2 Å². The van der Waals surface area contributed by atoms with Crippen LogP contribution in [0.2, 0.25) is 0 Å². The number of thiophene rings is 1. The lowest BCUT2D eigenvalue weighted by molar-refractivity contribution is -0.144. The number of anilines is 1. The molecule has 2 aromatic rings. The average molecular weight is 349 g/mol. The molecular formula is C17H19NO3S2. The van der Waals surface area contributed by atoms with Gasteiger partial charge in [0.15, 0.2) is 6.61 Å². The molecule has 0 fully saturated rings. The minimum absolute atomic E-state index is 0.246. The normalized spacial score (nSPS) is 10.3. The Morgan fingerprint density at radius 3 is 2.65 bits per heavy atom. The molecule has 0 radical (unpaired) electrons. The number of thioether (sulfide) groups is 1. The Morgan fingerprint density at radius 2 is 2.00 bits per heavy atom. The predicted molar refractivity (Wildman–Crippen MR) is 95.9 cm³/mol. The highest BCUT2D eigenvalue weighted by Gasteiger charge is 2.08. The number of nitrogens with one attached hydrogen (secondary N) is 1. The minimum Gasteiger partial charge on any atom is -0.455 e. The molecule has 0 aliphatic heterocycles. The molecule has 122 valence electrons. The molecule has 1 heterocycles. The molecule has 0 unspecified atom stereocenters. The third-order valence-corrected chi connectivity index (χ3v) is 5.07. The molecule has 2 rings (SSSR count). The summed E-state index contributed by atoms with van der Waals surface area (Å²) in [5.41, 5.74) is 1.91. The van der Waals surface area contributed by atoms with Crippen molar-refractivity contribution in [2.75, 3.05) is 17.7 Å². The van der Waals surface area contributed by atoms with Gasteiger partial charge in [-0.1, -0.05) is 25.1 Å². The Bertz CT molecular complexity index is 624. The zero-order valence-electron chi connectivity index (χ0n) is 12.9. The summed E-state index contributed by atoms with van der Waals surface area (Å²) in [6.07, 6.45) is 0.953. The second-order valence-corrected chi connectivity index (χ2v) is 6.85. The Morgan fingerprint density at radius 1 is 1.22 bits per heavy atom. The summed E-state index contributed by atoms with van der Waals surface area (Å²) >= 11 is 3.14. The molecule has 1 aromatic heterocycles. The largest absolute Gasteiger partial charge is 0.455 e. The third kappa shape index (κ3) is 6.46.